The Bertz CT molecular complexity index is 1030. The molecule has 0 radical (unpaired) electrons. The second kappa shape index (κ2) is 9.67. The normalized spacial score (nSPS) is 12.3. The van der Waals surface area contributed by atoms with Gasteiger partial charge in [0.15, 0.2) is 12.0 Å². The van der Waals surface area contributed by atoms with Gasteiger partial charge in [-0.3, -0.25) is 9.78 Å². The van der Waals surface area contributed by atoms with Crippen molar-refractivity contribution in [2.75, 3.05) is 32.2 Å². The van der Waals surface area contributed by atoms with Crippen LogP contribution in [0, 0.1) is 0 Å². The number of ether oxygens (including phenoxy) is 2. The van der Waals surface area contributed by atoms with Crippen LogP contribution in [0.4, 0.5) is 5.69 Å². The fourth-order valence-electron chi connectivity index (χ4n) is 2.80. The summed E-state index contributed by atoms with van der Waals surface area (Å²) in [5.41, 5.74) is 2.11. The molecule has 4 aromatic heterocycles. The third-order valence-electron chi connectivity index (χ3n) is 4.26. The molecular weight excluding hydrogens is 408 g/mol. The predicted octanol–water partition coefficient (Wildman–Crippen LogP) is 2.76. The molecule has 0 spiro atoms. The second-order valence-electron chi connectivity index (χ2n) is 6.33. The number of aromatic nitrogens is 5. The maximum atomic E-state index is 10.7. The summed E-state index contributed by atoms with van der Waals surface area (Å²) in [6, 6.07) is 3.50. The van der Waals surface area contributed by atoms with Crippen LogP contribution in [0.15, 0.2) is 46.7 Å². The number of methoxy groups -OCH3 is 1. The molecule has 1 atom stereocenters. The molecule has 0 saturated heterocycles. The summed E-state index contributed by atoms with van der Waals surface area (Å²) in [6.45, 7) is 2.13. The fraction of sp³-hybridized carbons (Fsp3) is 0.316. The quantitative estimate of drug-likeness (QED) is 0.245. The van der Waals surface area contributed by atoms with Crippen molar-refractivity contribution in [2.45, 2.75) is 12.8 Å². The summed E-state index contributed by atoms with van der Waals surface area (Å²) in [7, 11) is 1.64. The summed E-state index contributed by atoms with van der Waals surface area (Å²) in [4.78, 5) is 4.34. The highest BCUT2D eigenvalue weighted by Gasteiger charge is 2.19. The van der Waals surface area contributed by atoms with Gasteiger partial charge < -0.3 is 24.3 Å². The third kappa shape index (κ3) is 4.76. The minimum atomic E-state index is -1.06. The lowest BCUT2D eigenvalue weighted by Crippen LogP contribution is -2.10. The summed E-state index contributed by atoms with van der Waals surface area (Å²) >= 11 is 1.47. The molecule has 3 N–H and O–H groups in total. The third-order valence-corrected chi connectivity index (χ3v) is 5.04. The minimum Gasteiger partial charge on any atom is -0.456 e. The number of hydrogen-bond acceptors (Lipinski definition) is 9. The molecule has 0 saturated carbocycles. The summed E-state index contributed by atoms with van der Waals surface area (Å²) in [5.74, 6) is 0.996. The molecule has 0 bridgehead atoms. The monoisotopic (exact) mass is 430 g/mol. The molecule has 0 aliphatic rings. The average Bonchev–Trinajstić information content (AvgIpc) is 3.54. The maximum absolute atomic E-state index is 10.7. The molecule has 4 rings (SSSR count). The maximum Gasteiger partial charge on any atom is 0.184 e. The molecule has 158 valence electrons. The van der Waals surface area contributed by atoms with Gasteiger partial charge in [0.25, 0.3) is 0 Å². The number of nitrogens with zero attached hydrogens (tertiary/aromatic N) is 4. The lowest BCUT2D eigenvalue weighted by Gasteiger charge is -2.11. The average molecular weight is 430 g/mol. The molecule has 11 heteroatoms. The molecule has 0 aromatic carbocycles. The molecule has 0 fully saturated rings. The van der Waals surface area contributed by atoms with Crippen LogP contribution in [0.1, 0.15) is 12.0 Å². The van der Waals surface area contributed by atoms with E-state index in [1.54, 1.807) is 42.5 Å². The van der Waals surface area contributed by atoms with Crippen molar-refractivity contribution in [2.24, 2.45) is 0 Å². The molecule has 1 unspecified atom stereocenters. The SMILES string of the molecule is COCCOCCn1cc(NC(O)c2ccc(-c3cn[nH]c3)o2)c(-c2nccs2)n1. The second-order valence-corrected chi connectivity index (χ2v) is 7.23. The van der Waals surface area contributed by atoms with Crippen molar-refractivity contribution in [1.29, 1.82) is 0 Å². The van der Waals surface area contributed by atoms with Gasteiger partial charge in [0, 0.05) is 31.1 Å². The van der Waals surface area contributed by atoms with Gasteiger partial charge >= 0.3 is 0 Å². The van der Waals surface area contributed by atoms with Crippen LogP contribution in [0.3, 0.4) is 0 Å². The molecule has 30 heavy (non-hydrogen) atoms. The Morgan fingerprint density at radius 2 is 2.27 bits per heavy atom. The summed E-state index contributed by atoms with van der Waals surface area (Å²) in [5, 5.41) is 27.6. The van der Waals surface area contributed by atoms with Gasteiger partial charge in [-0.1, -0.05) is 0 Å². The van der Waals surface area contributed by atoms with E-state index in [4.69, 9.17) is 13.9 Å². The van der Waals surface area contributed by atoms with Gasteiger partial charge in [0.2, 0.25) is 0 Å². The Kier molecular flexibility index (Phi) is 6.54. The van der Waals surface area contributed by atoms with Crippen molar-refractivity contribution < 1.29 is 19.0 Å². The minimum absolute atomic E-state index is 0.381. The molecule has 0 aliphatic heterocycles. The molecule has 10 nitrogen and oxygen atoms in total. The first-order valence-corrected chi connectivity index (χ1v) is 10.2. The van der Waals surface area contributed by atoms with Crippen molar-refractivity contribution in [3.05, 3.63) is 48.1 Å². The standard InChI is InChI=1S/C19H22N6O4S/c1-27-7-8-28-6-5-25-12-14(17(24-25)19-20-4-9-30-19)23-18(26)16-3-2-15(29-16)13-10-21-22-11-13/h2-4,9-12,18,23,26H,5-8H2,1H3,(H,21,22). The first kappa shape index (κ1) is 20.3. The van der Waals surface area contributed by atoms with Crippen LogP contribution in [0.5, 0.6) is 0 Å². The molecule has 0 aliphatic carbocycles. The fourth-order valence-corrected chi connectivity index (χ4v) is 3.44. The molecular formula is C19H22N6O4S. The number of aromatic amines is 1. The molecule has 0 amide bonds. The number of furan rings is 1. The van der Waals surface area contributed by atoms with Gasteiger partial charge in [-0.15, -0.1) is 11.3 Å². The molecule has 4 aromatic rings. The Morgan fingerprint density at radius 1 is 1.33 bits per heavy atom. The Labute approximate surface area is 176 Å². The number of nitrogens with one attached hydrogen (secondary N) is 2. The van der Waals surface area contributed by atoms with E-state index in [9.17, 15) is 5.11 Å². The van der Waals surface area contributed by atoms with Crippen LogP contribution in [0.25, 0.3) is 22.0 Å². The van der Waals surface area contributed by atoms with E-state index in [0.717, 1.165) is 10.6 Å². The van der Waals surface area contributed by atoms with Gasteiger partial charge in [-0.25, -0.2) is 4.98 Å². The number of thiazole rings is 1. The van der Waals surface area contributed by atoms with E-state index >= 15 is 0 Å². The zero-order chi connectivity index (χ0) is 20.8. The largest absolute Gasteiger partial charge is 0.456 e. The number of rotatable bonds is 11. The van der Waals surface area contributed by atoms with Crippen LogP contribution >= 0.6 is 11.3 Å². The first-order chi connectivity index (χ1) is 14.7. The number of H-pyrrole nitrogens is 1. The van der Waals surface area contributed by atoms with E-state index in [1.165, 1.54) is 11.3 Å². The predicted molar refractivity (Wildman–Crippen MR) is 111 cm³/mol. The van der Waals surface area contributed by atoms with E-state index < -0.39 is 6.23 Å². The van der Waals surface area contributed by atoms with Gasteiger partial charge in [0.05, 0.1) is 43.8 Å². The zero-order valence-electron chi connectivity index (χ0n) is 16.3. The van der Waals surface area contributed by atoms with Crippen molar-refractivity contribution in [1.82, 2.24) is 25.0 Å². The van der Waals surface area contributed by atoms with Crippen LogP contribution in [0.2, 0.25) is 0 Å². The van der Waals surface area contributed by atoms with Crippen molar-refractivity contribution in [3.63, 3.8) is 0 Å². The van der Waals surface area contributed by atoms with Crippen molar-refractivity contribution >= 4 is 17.0 Å². The summed E-state index contributed by atoms with van der Waals surface area (Å²) in [6.07, 6.45) is 5.86. The van der Waals surface area contributed by atoms with E-state index in [2.05, 4.69) is 25.6 Å². The van der Waals surface area contributed by atoms with Gasteiger partial charge in [0.1, 0.15) is 16.5 Å². The Hall–Kier alpha value is -2.99. The highest BCUT2D eigenvalue weighted by molar-refractivity contribution is 7.13. The Morgan fingerprint density at radius 3 is 3.03 bits per heavy atom. The number of aliphatic hydroxyl groups is 1. The smallest absolute Gasteiger partial charge is 0.184 e. The lowest BCUT2D eigenvalue weighted by atomic mass is 10.3. The number of anilines is 1. The number of aliphatic hydroxyl groups excluding tert-OH is 1. The topological polar surface area (TPSA) is 123 Å². The van der Waals surface area contributed by atoms with Gasteiger partial charge in [-0.05, 0) is 12.1 Å². The molecule has 4 heterocycles. The van der Waals surface area contributed by atoms with E-state index in [0.29, 0.717) is 49.3 Å². The highest BCUT2D eigenvalue weighted by atomic mass is 32.1. The van der Waals surface area contributed by atoms with Crippen molar-refractivity contribution in [3.8, 4) is 22.0 Å². The first-order valence-electron chi connectivity index (χ1n) is 9.32. The van der Waals surface area contributed by atoms with E-state index in [-0.39, 0.29) is 0 Å². The Balaban J connectivity index is 1.48. The lowest BCUT2D eigenvalue weighted by molar-refractivity contribution is 0.0654. The van der Waals surface area contributed by atoms with Crippen LogP contribution in [-0.4, -0.2) is 57.0 Å². The highest BCUT2D eigenvalue weighted by Crippen LogP contribution is 2.31. The zero-order valence-corrected chi connectivity index (χ0v) is 17.1. The summed E-state index contributed by atoms with van der Waals surface area (Å²) < 4.78 is 18.0. The van der Waals surface area contributed by atoms with Crippen LogP contribution < -0.4 is 5.32 Å². The van der Waals surface area contributed by atoms with E-state index in [1.807, 2.05) is 11.6 Å². The number of hydrogen-bond donors (Lipinski definition) is 3. The van der Waals surface area contributed by atoms with Gasteiger partial charge in [-0.2, -0.15) is 10.2 Å². The van der Waals surface area contributed by atoms with Crippen LogP contribution in [-0.2, 0) is 16.0 Å².